The Kier molecular flexibility index (Phi) is 5.98. The van der Waals surface area contributed by atoms with Crippen LogP contribution in [0.1, 0.15) is 30.1 Å². The van der Waals surface area contributed by atoms with E-state index in [9.17, 15) is 10.1 Å². The number of hydrogen-bond acceptors (Lipinski definition) is 3. The minimum absolute atomic E-state index is 0.0452. The zero-order chi connectivity index (χ0) is 18.4. The maximum atomic E-state index is 12.5. The van der Waals surface area contributed by atoms with Gasteiger partial charge in [0.1, 0.15) is 16.2 Å². The topological polar surface area (TPSA) is 65.8 Å². The standard InChI is InChI=1S/C21H18BrN3O/c22-19-11-5-10-18(24-19)9-4-8-17(14-23)21(26)25-20(16-12-13-16)15-6-2-1-3-7-15/h1-11,16,20H,12-13H2,(H,25,26)/t20-/m1/s1. The number of amides is 1. The van der Waals surface area contributed by atoms with E-state index in [-0.39, 0.29) is 17.5 Å². The van der Waals surface area contributed by atoms with Gasteiger partial charge in [0.05, 0.1) is 11.7 Å². The van der Waals surface area contributed by atoms with Crippen molar-refractivity contribution in [2.75, 3.05) is 0 Å². The number of rotatable bonds is 6. The highest BCUT2D eigenvalue weighted by Crippen LogP contribution is 2.41. The number of carbonyl (C=O) groups excluding carboxylic acids is 1. The van der Waals surface area contributed by atoms with Gasteiger partial charge in [0, 0.05) is 0 Å². The first-order valence-electron chi connectivity index (χ1n) is 8.44. The van der Waals surface area contributed by atoms with Gasteiger partial charge in [-0.05, 0) is 64.5 Å². The van der Waals surface area contributed by atoms with Crippen molar-refractivity contribution in [2.45, 2.75) is 18.9 Å². The maximum Gasteiger partial charge on any atom is 0.262 e. The Morgan fingerprint density at radius 2 is 2.00 bits per heavy atom. The first-order chi connectivity index (χ1) is 12.7. The number of nitriles is 1. The van der Waals surface area contributed by atoms with Crippen molar-refractivity contribution in [3.05, 3.63) is 82.1 Å². The molecule has 0 unspecified atom stereocenters. The number of benzene rings is 1. The van der Waals surface area contributed by atoms with Crippen LogP contribution in [-0.2, 0) is 4.79 Å². The molecule has 4 nitrogen and oxygen atoms in total. The van der Waals surface area contributed by atoms with E-state index in [1.165, 1.54) is 6.08 Å². The smallest absolute Gasteiger partial charge is 0.262 e. The fourth-order valence-corrected chi connectivity index (χ4v) is 3.06. The van der Waals surface area contributed by atoms with Crippen LogP contribution in [0.3, 0.4) is 0 Å². The number of nitrogens with zero attached hydrogens (tertiary/aromatic N) is 2. The molecule has 1 saturated carbocycles. The molecule has 2 aromatic rings. The van der Waals surface area contributed by atoms with E-state index >= 15 is 0 Å². The van der Waals surface area contributed by atoms with Gasteiger partial charge in [0.2, 0.25) is 0 Å². The monoisotopic (exact) mass is 407 g/mol. The predicted octanol–water partition coefficient (Wildman–Crippen LogP) is 4.57. The molecule has 0 spiro atoms. The van der Waals surface area contributed by atoms with E-state index in [0.29, 0.717) is 5.92 Å². The summed E-state index contributed by atoms with van der Waals surface area (Å²) in [6, 6.07) is 17.4. The molecule has 0 bridgehead atoms. The molecule has 1 aliphatic carbocycles. The van der Waals surface area contributed by atoms with Gasteiger partial charge in [0.25, 0.3) is 5.91 Å². The molecule has 26 heavy (non-hydrogen) atoms. The van der Waals surface area contributed by atoms with E-state index in [1.54, 1.807) is 12.2 Å². The van der Waals surface area contributed by atoms with Crippen molar-refractivity contribution in [1.29, 1.82) is 5.26 Å². The minimum atomic E-state index is -0.347. The second-order valence-electron chi connectivity index (χ2n) is 6.14. The van der Waals surface area contributed by atoms with Gasteiger partial charge < -0.3 is 5.32 Å². The largest absolute Gasteiger partial charge is 0.344 e. The Bertz CT molecular complexity index is 880. The summed E-state index contributed by atoms with van der Waals surface area (Å²) in [5.74, 6) is 0.0998. The molecular formula is C21H18BrN3O. The number of aromatic nitrogens is 1. The molecule has 0 saturated heterocycles. The molecule has 1 aromatic carbocycles. The lowest BCUT2D eigenvalue weighted by Gasteiger charge is -2.18. The second-order valence-corrected chi connectivity index (χ2v) is 6.95. The highest BCUT2D eigenvalue weighted by molar-refractivity contribution is 9.10. The number of pyridine rings is 1. The van der Waals surface area contributed by atoms with Crippen molar-refractivity contribution in [3.8, 4) is 6.07 Å². The summed E-state index contributed by atoms with van der Waals surface area (Å²) in [4.78, 5) is 16.8. The molecule has 3 rings (SSSR count). The fraction of sp³-hybridized carbons (Fsp3) is 0.190. The second kappa shape index (κ2) is 8.59. The van der Waals surface area contributed by atoms with Crippen molar-refractivity contribution in [2.24, 2.45) is 5.92 Å². The number of halogens is 1. The van der Waals surface area contributed by atoms with E-state index in [0.717, 1.165) is 28.7 Å². The zero-order valence-corrected chi connectivity index (χ0v) is 15.7. The molecule has 0 radical (unpaired) electrons. The molecule has 1 fully saturated rings. The Morgan fingerprint density at radius 1 is 1.23 bits per heavy atom. The van der Waals surface area contributed by atoms with Crippen LogP contribution in [-0.4, -0.2) is 10.9 Å². The molecule has 1 aromatic heterocycles. The molecular weight excluding hydrogens is 390 g/mol. The Balaban J connectivity index is 1.71. The van der Waals surface area contributed by atoms with E-state index in [4.69, 9.17) is 0 Å². The van der Waals surface area contributed by atoms with Gasteiger partial charge in [-0.15, -0.1) is 0 Å². The molecule has 5 heteroatoms. The third-order valence-corrected chi connectivity index (χ3v) is 4.61. The van der Waals surface area contributed by atoms with Crippen LogP contribution in [0, 0.1) is 17.2 Å². The first-order valence-corrected chi connectivity index (χ1v) is 9.23. The summed E-state index contributed by atoms with van der Waals surface area (Å²) in [6.45, 7) is 0. The van der Waals surface area contributed by atoms with Crippen LogP contribution in [0.4, 0.5) is 0 Å². The SMILES string of the molecule is N#CC(=CC=Cc1cccc(Br)n1)C(=O)N[C@H](c1ccccc1)C1CC1. The highest BCUT2D eigenvalue weighted by Gasteiger charge is 2.33. The molecule has 1 atom stereocenters. The Labute approximate surface area is 161 Å². The Hall–Kier alpha value is -2.71. The average Bonchev–Trinajstić information content (AvgIpc) is 3.49. The molecule has 1 amide bonds. The van der Waals surface area contributed by atoms with Crippen molar-refractivity contribution in [1.82, 2.24) is 10.3 Å². The summed E-state index contributed by atoms with van der Waals surface area (Å²) < 4.78 is 0.733. The van der Waals surface area contributed by atoms with Crippen LogP contribution in [0.15, 0.2) is 70.9 Å². The van der Waals surface area contributed by atoms with Crippen LogP contribution in [0.25, 0.3) is 6.08 Å². The van der Waals surface area contributed by atoms with Crippen LogP contribution in [0.2, 0.25) is 0 Å². The van der Waals surface area contributed by atoms with Gasteiger partial charge in [-0.3, -0.25) is 4.79 Å². The average molecular weight is 408 g/mol. The fourth-order valence-electron chi connectivity index (χ4n) is 2.71. The molecule has 130 valence electrons. The first kappa shape index (κ1) is 18.1. The third kappa shape index (κ3) is 4.90. The molecule has 1 aliphatic rings. The summed E-state index contributed by atoms with van der Waals surface area (Å²) in [7, 11) is 0. The predicted molar refractivity (Wildman–Crippen MR) is 105 cm³/mol. The van der Waals surface area contributed by atoms with Gasteiger partial charge in [-0.1, -0.05) is 42.5 Å². The van der Waals surface area contributed by atoms with Crippen LogP contribution >= 0.6 is 15.9 Å². The van der Waals surface area contributed by atoms with Crippen LogP contribution < -0.4 is 5.32 Å². The number of allylic oxidation sites excluding steroid dienone is 2. The van der Waals surface area contributed by atoms with E-state index < -0.39 is 0 Å². The minimum Gasteiger partial charge on any atom is -0.344 e. The summed E-state index contributed by atoms with van der Waals surface area (Å²) in [5.41, 5.74) is 1.90. The molecule has 0 aliphatic heterocycles. The summed E-state index contributed by atoms with van der Waals surface area (Å²) in [6.07, 6.45) is 7.14. The summed E-state index contributed by atoms with van der Waals surface area (Å²) in [5, 5.41) is 12.4. The van der Waals surface area contributed by atoms with Crippen molar-refractivity contribution in [3.63, 3.8) is 0 Å². The van der Waals surface area contributed by atoms with Crippen molar-refractivity contribution >= 4 is 27.9 Å². The lowest BCUT2D eigenvalue weighted by atomic mass is 10.0. The lowest BCUT2D eigenvalue weighted by molar-refractivity contribution is -0.118. The van der Waals surface area contributed by atoms with Gasteiger partial charge in [-0.25, -0.2) is 4.98 Å². The quantitative estimate of drug-likeness (QED) is 0.330. The van der Waals surface area contributed by atoms with Crippen LogP contribution in [0.5, 0.6) is 0 Å². The number of nitrogens with one attached hydrogen (secondary N) is 1. The molecule has 1 heterocycles. The number of carbonyl (C=O) groups is 1. The lowest BCUT2D eigenvalue weighted by Crippen LogP contribution is -2.30. The normalized spacial score (nSPS) is 15.5. The van der Waals surface area contributed by atoms with Gasteiger partial charge >= 0.3 is 0 Å². The van der Waals surface area contributed by atoms with E-state index in [1.807, 2.05) is 54.6 Å². The maximum absolute atomic E-state index is 12.5. The third-order valence-electron chi connectivity index (χ3n) is 4.17. The Morgan fingerprint density at radius 3 is 2.65 bits per heavy atom. The van der Waals surface area contributed by atoms with Gasteiger partial charge in [0.15, 0.2) is 0 Å². The highest BCUT2D eigenvalue weighted by atomic mass is 79.9. The molecule has 1 N–H and O–H groups in total. The zero-order valence-electron chi connectivity index (χ0n) is 14.1. The van der Waals surface area contributed by atoms with Gasteiger partial charge in [-0.2, -0.15) is 5.26 Å². The van der Waals surface area contributed by atoms with E-state index in [2.05, 4.69) is 26.2 Å². The summed E-state index contributed by atoms with van der Waals surface area (Å²) >= 11 is 3.31. The number of hydrogen-bond donors (Lipinski definition) is 1. The van der Waals surface area contributed by atoms with Crippen molar-refractivity contribution < 1.29 is 4.79 Å².